The van der Waals surface area contributed by atoms with Crippen LogP contribution in [0, 0.1) is 5.92 Å². The summed E-state index contributed by atoms with van der Waals surface area (Å²) in [6.45, 7) is 2.06. The zero-order chi connectivity index (χ0) is 35.6. The normalized spacial score (nSPS) is 24.0. The molecular formula is C37H40N2O12. The largest absolute Gasteiger partial charge is 0.511 e. The highest BCUT2D eigenvalue weighted by Gasteiger charge is 2.44. The second kappa shape index (κ2) is 14.5. The summed E-state index contributed by atoms with van der Waals surface area (Å²) < 4.78 is 35.6. The summed E-state index contributed by atoms with van der Waals surface area (Å²) in [7, 11) is 1.48. The summed E-state index contributed by atoms with van der Waals surface area (Å²) in [5.41, 5.74) is 0.889. The van der Waals surface area contributed by atoms with E-state index in [1.54, 1.807) is 46.2 Å². The Morgan fingerprint density at radius 2 is 1.53 bits per heavy atom. The molecule has 2 fully saturated rings. The first-order valence-electron chi connectivity index (χ1n) is 17.1. The smallest absolute Gasteiger partial charge is 0.260 e. The van der Waals surface area contributed by atoms with Gasteiger partial charge in [0, 0.05) is 43.4 Å². The van der Waals surface area contributed by atoms with Crippen LogP contribution in [0.1, 0.15) is 42.9 Å². The van der Waals surface area contributed by atoms with Gasteiger partial charge in [0.05, 0.1) is 13.7 Å². The van der Waals surface area contributed by atoms with Crippen LogP contribution in [-0.2, 0) is 23.9 Å². The molecule has 4 aliphatic heterocycles. The van der Waals surface area contributed by atoms with Crippen molar-refractivity contribution in [2.24, 2.45) is 5.92 Å². The number of aliphatic hydroxyl groups is 3. The van der Waals surface area contributed by atoms with Gasteiger partial charge in [-0.05, 0) is 62.1 Å². The topological polar surface area (TPSA) is 174 Å². The van der Waals surface area contributed by atoms with Gasteiger partial charge in [0.15, 0.2) is 54.2 Å². The van der Waals surface area contributed by atoms with Crippen molar-refractivity contribution in [2.75, 3.05) is 53.1 Å². The van der Waals surface area contributed by atoms with E-state index in [4.69, 9.17) is 28.4 Å². The van der Waals surface area contributed by atoms with Gasteiger partial charge in [-0.3, -0.25) is 14.4 Å². The number of nitrogens with zero attached hydrogens (tertiary/aromatic N) is 2. The summed E-state index contributed by atoms with van der Waals surface area (Å²) >= 11 is 0. The van der Waals surface area contributed by atoms with E-state index in [0.717, 1.165) is 38.8 Å². The second-order valence-corrected chi connectivity index (χ2v) is 12.9. The van der Waals surface area contributed by atoms with Crippen LogP contribution < -0.4 is 18.9 Å². The molecule has 2 amide bonds. The number of methoxy groups -OCH3 is 1. The lowest BCUT2D eigenvalue weighted by atomic mass is 9.86. The van der Waals surface area contributed by atoms with Crippen LogP contribution in [0.3, 0.4) is 0 Å². The number of hydrogen-bond acceptors (Lipinski definition) is 12. The number of ether oxygens (including phenoxy) is 6. The van der Waals surface area contributed by atoms with Crippen molar-refractivity contribution in [3.8, 4) is 23.0 Å². The molecule has 4 heterocycles. The van der Waals surface area contributed by atoms with E-state index in [1.807, 2.05) is 0 Å². The van der Waals surface area contributed by atoms with Gasteiger partial charge in [-0.2, -0.15) is 0 Å². The average Bonchev–Trinajstić information content (AvgIpc) is 3.89. The second-order valence-electron chi connectivity index (χ2n) is 12.9. The Morgan fingerprint density at radius 1 is 0.843 bits per heavy atom. The van der Waals surface area contributed by atoms with Crippen molar-refractivity contribution in [3.63, 3.8) is 0 Å². The standard InChI is InChI=1S/C37H40N2O12/c1-46-27-14-21(6-8-25(27)48-20-32(43)39-12-4-5-13-39)36-30(18-40)49-26-9-7-22(15-28(26)50-36)37-35(45)34(44)33-24(41)16-23(17-29(33)51-37)47-19-31(42)38-10-2-3-11-38/h6-9,14-17,29-30,33,36,40-41,45H,2-5,10-13,18-20H2,1H3. The van der Waals surface area contributed by atoms with E-state index in [-0.39, 0.29) is 54.7 Å². The Labute approximate surface area is 294 Å². The average molecular weight is 705 g/mol. The van der Waals surface area contributed by atoms with Crippen LogP contribution in [0.5, 0.6) is 23.0 Å². The van der Waals surface area contributed by atoms with Gasteiger partial charge < -0.3 is 53.5 Å². The minimum absolute atomic E-state index is 0.0957. The summed E-state index contributed by atoms with van der Waals surface area (Å²) in [6, 6.07) is 9.77. The number of hydrogen-bond donors (Lipinski definition) is 3. The summed E-state index contributed by atoms with van der Waals surface area (Å²) in [5.74, 6) is -1.91. The molecule has 4 unspecified atom stereocenters. The maximum Gasteiger partial charge on any atom is 0.260 e. The van der Waals surface area contributed by atoms with Crippen molar-refractivity contribution >= 4 is 23.4 Å². The SMILES string of the molecule is COc1cc(C2Oc3cc(C4=C(O)C(=O)C5C(O)=CC(OCC(=O)N6CCCC6)=CC5O4)ccc3OC2CO)ccc1OCC(=O)N1CCCC1. The maximum absolute atomic E-state index is 13.3. The van der Waals surface area contributed by atoms with Crippen molar-refractivity contribution < 1.29 is 58.1 Å². The highest BCUT2D eigenvalue weighted by Crippen LogP contribution is 2.44. The molecule has 1 aliphatic carbocycles. The van der Waals surface area contributed by atoms with E-state index < -0.39 is 35.8 Å². The zero-order valence-electron chi connectivity index (χ0n) is 28.1. The molecule has 2 saturated heterocycles. The molecule has 0 bridgehead atoms. The predicted molar refractivity (Wildman–Crippen MR) is 179 cm³/mol. The summed E-state index contributed by atoms with van der Waals surface area (Å²) in [5, 5.41) is 31.9. The Hall–Kier alpha value is -5.37. The molecule has 2 aromatic carbocycles. The predicted octanol–water partition coefficient (Wildman–Crippen LogP) is 3.36. The third kappa shape index (κ3) is 6.87. The highest BCUT2D eigenvalue weighted by atomic mass is 16.6. The molecule has 3 N–H and O–H groups in total. The fourth-order valence-electron chi connectivity index (χ4n) is 6.91. The van der Waals surface area contributed by atoms with E-state index in [2.05, 4.69) is 0 Å². The van der Waals surface area contributed by atoms with Gasteiger partial charge in [-0.1, -0.05) is 6.07 Å². The van der Waals surface area contributed by atoms with Crippen molar-refractivity contribution in [1.82, 2.24) is 9.80 Å². The van der Waals surface area contributed by atoms with Gasteiger partial charge >= 0.3 is 0 Å². The van der Waals surface area contributed by atoms with Gasteiger partial charge in [0.25, 0.3) is 11.8 Å². The van der Waals surface area contributed by atoms with E-state index in [0.29, 0.717) is 41.5 Å². The minimum Gasteiger partial charge on any atom is -0.511 e. The molecule has 270 valence electrons. The fourth-order valence-corrected chi connectivity index (χ4v) is 6.91. The Morgan fingerprint density at radius 3 is 2.20 bits per heavy atom. The number of ketones is 1. The highest BCUT2D eigenvalue weighted by molar-refractivity contribution is 6.04. The number of rotatable bonds is 10. The van der Waals surface area contributed by atoms with E-state index >= 15 is 0 Å². The zero-order valence-corrected chi connectivity index (χ0v) is 28.1. The van der Waals surface area contributed by atoms with Crippen molar-refractivity contribution in [1.29, 1.82) is 0 Å². The summed E-state index contributed by atoms with van der Waals surface area (Å²) in [4.78, 5) is 41.8. The molecule has 0 spiro atoms. The summed E-state index contributed by atoms with van der Waals surface area (Å²) in [6.07, 6.45) is 3.96. The van der Waals surface area contributed by atoms with Crippen LogP contribution in [0.15, 0.2) is 65.8 Å². The fraction of sp³-hybridized carbons (Fsp3) is 0.432. The number of carbonyl (C=O) groups is 3. The van der Waals surface area contributed by atoms with Crippen molar-refractivity contribution in [2.45, 2.75) is 44.0 Å². The number of Topliss-reactive ketones (excluding diaryl/α,β-unsaturated/α-hetero) is 1. The molecule has 5 aliphatic rings. The molecule has 51 heavy (non-hydrogen) atoms. The third-order valence-electron chi connectivity index (χ3n) is 9.65. The number of likely N-dealkylation sites (tertiary alicyclic amines) is 2. The Balaban J connectivity index is 1.08. The number of benzene rings is 2. The first-order valence-corrected chi connectivity index (χ1v) is 17.1. The Kier molecular flexibility index (Phi) is 9.67. The van der Waals surface area contributed by atoms with Crippen LogP contribution in [-0.4, -0.2) is 108 Å². The number of aliphatic hydroxyl groups excluding tert-OH is 3. The number of amides is 2. The number of carbonyl (C=O) groups excluding carboxylic acids is 3. The van der Waals surface area contributed by atoms with E-state index in [9.17, 15) is 29.7 Å². The quantitative estimate of drug-likeness (QED) is 0.330. The minimum atomic E-state index is -1.19. The number of fused-ring (bicyclic) bond motifs is 2. The molecular weight excluding hydrogens is 664 g/mol. The lowest BCUT2D eigenvalue weighted by Gasteiger charge is -2.35. The van der Waals surface area contributed by atoms with Crippen LogP contribution >= 0.6 is 0 Å². The molecule has 0 saturated carbocycles. The first-order chi connectivity index (χ1) is 24.7. The van der Waals surface area contributed by atoms with Gasteiger partial charge in [0.1, 0.15) is 23.5 Å². The monoisotopic (exact) mass is 704 g/mol. The van der Waals surface area contributed by atoms with Gasteiger partial charge in [0.2, 0.25) is 11.5 Å². The van der Waals surface area contributed by atoms with E-state index in [1.165, 1.54) is 19.3 Å². The molecule has 7 rings (SSSR count). The van der Waals surface area contributed by atoms with Crippen LogP contribution in [0.2, 0.25) is 0 Å². The lowest BCUT2D eigenvalue weighted by Crippen LogP contribution is -2.39. The molecule has 14 heteroatoms. The van der Waals surface area contributed by atoms with Gasteiger partial charge in [-0.25, -0.2) is 0 Å². The molecule has 0 radical (unpaired) electrons. The molecule has 0 aromatic heterocycles. The molecule has 4 atom stereocenters. The third-order valence-corrected chi connectivity index (χ3v) is 9.65. The van der Waals surface area contributed by atoms with Crippen LogP contribution in [0.4, 0.5) is 0 Å². The van der Waals surface area contributed by atoms with Gasteiger partial charge in [-0.15, -0.1) is 0 Å². The van der Waals surface area contributed by atoms with Crippen molar-refractivity contribution in [3.05, 3.63) is 77.0 Å². The number of allylic oxidation sites excluding steroid dienone is 2. The lowest BCUT2D eigenvalue weighted by molar-refractivity contribution is -0.134. The molecule has 2 aromatic rings. The Bertz CT molecular complexity index is 1790. The first kappa shape index (κ1) is 34.1. The molecule has 14 nitrogen and oxygen atoms in total. The van der Waals surface area contributed by atoms with Crippen LogP contribution in [0.25, 0.3) is 5.76 Å². The maximum atomic E-state index is 13.3.